The van der Waals surface area contributed by atoms with E-state index in [2.05, 4.69) is 5.32 Å². The molecule has 0 fully saturated rings. The summed E-state index contributed by atoms with van der Waals surface area (Å²) in [6.45, 7) is 0. The molecule has 7 nitrogen and oxygen atoms in total. The highest BCUT2D eigenvalue weighted by atomic mass is 35.5. The van der Waals surface area contributed by atoms with E-state index < -0.39 is 10.9 Å². The SMILES string of the molecule is Cn1c(C(=O)O)cc2c(Nc3ccc(Cl)cc3)ccc([N+](=O)[O-])c21. The van der Waals surface area contributed by atoms with E-state index in [4.69, 9.17) is 11.6 Å². The number of non-ortho nitro benzene ring substituents is 1. The fourth-order valence-corrected chi connectivity index (χ4v) is 2.73. The van der Waals surface area contributed by atoms with E-state index in [0.29, 0.717) is 16.1 Å². The van der Waals surface area contributed by atoms with Crippen molar-refractivity contribution in [1.82, 2.24) is 4.57 Å². The minimum Gasteiger partial charge on any atom is -0.477 e. The van der Waals surface area contributed by atoms with Gasteiger partial charge in [0.15, 0.2) is 0 Å². The van der Waals surface area contributed by atoms with Crippen molar-refractivity contribution in [2.24, 2.45) is 7.05 Å². The van der Waals surface area contributed by atoms with Crippen molar-refractivity contribution in [2.75, 3.05) is 5.32 Å². The fraction of sp³-hybridized carbons (Fsp3) is 0.0625. The van der Waals surface area contributed by atoms with Crippen molar-refractivity contribution in [2.45, 2.75) is 0 Å². The second kappa shape index (κ2) is 5.86. The van der Waals surface area contributed by atoms with Gasteiger partial charge in [-0.2, -0.15) is 0 Å². The number of anilines is 2. The molecule has 8 heteroatoms. The molecule has 24 heavy (non-hydrogen) atoms. The van der Waals surface area contributed by atoms with Crippen molar-refractivity contribution < 1.29 is 14.8 Å². The molecule has 3 aromatic rings. The van der Waals surface area contributed by atoms with Gasteiger partial charge in [0.2, 0.25) is 0 Å². The first kappa shape index (κ1) is 15.8. The van der Waals surface area contributed by atoms with Crippen LogP contribution in [0.2, 0.25) is 5.02 Å². The summed E-state index contributed by atoms with van der Waals surface area (Å²) in [6.07, 6.45) is 0. The Labute approximate surface area is 141 Å². The Morgan fingerprint density at radius 1 is 1.25 bits per heavy atom. The molecule has 0 saturated carbocycles. The normalized spacial score (nSPS) is 10.8. The number of carboxylic acids is 1. The van der Waals surface area contributed by atoms with E-state index in [1.54, 1.807) is 30.3 Å². The van der Waals surface area contributed by atoms with Gasteiger partial charge in [0.05, 0.1) is 4.92 Å². The summed E-state index contributed by atoms with van der Waals surface area (Å²) < 4.78 is 1.31. The summed E-state index contributed by atoms with van der Waals surface area (Å²) >= 11 is 5.85. The minimum absolute atomic E-state index is 0.0292. The summed E-state index contributed by atoms with van der Waals surface area (Å²) in [6, 6.07) is 11.3. The Hall–Kier alpha value is -3.06. The molecule has 0 aliphatic heterocycles. The Balaban J connectivity index is 2.20. The molecule has 0 radical (unpaired) electrons. The second-order valence-corrected chi connectivity index (χ2v) is 5.61. The first-order valence-electron chi connectivity index (χ1n) is 6.91. The van der Waals surface area contributed by atoms with Gasteiger partial charge in [-0.25, -0.2) is 4.79 Å². The Morgan fingerprint density at radius 2 is 1.92 bits per heavy atom. The van der Waals surface area contributed by atoms with Crippen LogP contribution in [0, 0.1) is 10.1 Å². The molecule has 1 aromatic heterocycles. The number of nitrogens with one attached hydrogen (secondary N) is 1. The van der Waals surface area contributed by atoms with Crippen molar-refractivity contribution in [3.05, 3.63) is 63.3 Å². The maximum Gasteiger partial charge on any atom is 0.352 e. The van der Waals surface area contributed by atoms with E-state index >= 15 is 0 Å². The number of halogens is 1. The molecule has 0 aliphatic rings. The summed E-state index contributed by atoms with van der Waals surface area (Å²) in [5.74, 6) is -1.15. The van der Waals surface area contributed by atoms with Crippen molar-refractivity contribution in [3.63, 3.8) is 0 Å². The Kier molecular flexibility index (Phi) is 3.86. The minimum atomic E-state index is -1.15. The number of aromatic carboxylic acids is 1. The van der Waals surface area contributed by atoms with E-state index in [1.165, 1.54) is 23.7 Å². The average Bonchev–Trinajstić information content (AvgIpc) is 2.88. The number of nitro groups is 1. The number of aryl methyl sites for hydroxylation is 1. The molecule has 0 atom stereocenters. The summed E-state index contributed by atoms with van der Waals surface area (Å²) in [7, 11) is 1.49. The number of carbonyl (C=O) groups is 1. The lowest BCUT2D eigenvalue weighted by atomic mass is 10.1. The Bertz CT molecular complexity index is 964. The van der Waals surface area contributed by atoms with Crippen LogP contribution in [0.25, 0.3) is 10.9 Å². The second-order valence-electron chi connectivity index (χ2n) is 5.18. The first-order chi connectivity index (χ1) is 11.4. The van der Waals surface area contributed by atoms with E-state index in [9.17, 15) is 20.0 Å². The maximum absolute atomic E-state index is 11.4. The quantitative estimate of drug-likeness (QED) is 0.546. The molecule has 0 bridgehead atoms. The highest BCUT2D eigenvalue weighted by Crippen LogP contribution is 2.35. The number of hydrogen-bond donors (Lipinski definition) is 2. The lowest BCUT2D eigenvalue weighted by Gasteiger charge is -2.09. The average molecular weight is 346 g/mol. The predicted octanol–water partition coefficient (Wildman–Crippen LogP) is 4.18. The maximum atomic E-state index is 11.4. The molecule has 0 spiro atoms. The molecule has 2 aromatic carbocycles. The van der Waals surface area contributed by atoms with Gasteiger partial charge in [-0.05, 0) is 36.4 Å². The molecular weight excluding hydrogens is 334 g/mol. The van der Waals surface area contributed by atoms with Crippen molar-refractivity contribution in [3.8, 4) is 0 Å². The zero-order chi connectivity index (χ0) is 17.4. The fourth-order valence-electron chi connectivity index (χ4n) is 2.60. The van der Waals surface area contributed by atoms with Gasteiger partial charge in [-0.3, -0.25) is 10.1 Å². The molecule has 122 valence electrons. The zero-order valence-electron chi connectivity index (χ0n) is 12.5. The van der Waals surface area contributed by atoms with Crippen LogP contribution >= 0.6 is 11.6 Å². The molecule has 0 amide bonds. The molecule has 1 heterocycles. The topological polar surface area (TPSA) is 97.4 Å². The predicted molar refractivity (Wildman–Crippen MR) is 91.3 cm³/mol. The van der Waals surface area contributed by atoms with Crippen molar-refractivity contribution in [1.29, 1.82) is 0 Å². The van der Waals surface area contributed by atoms with Crippen molar-refractivity contribution >= 4 is 45.5 Å². The van der Waals surface area contributed by atoms with Gasteiger partial charge in [0, 0.05) is 34.9 Å². The number of hydrogen-bond acceptors (Lipinski definition) is 4. The van der Waals surface area contributed by atoms with E-state index in [1.807, 2.05) is 0 Å². The highest BCUT2D eigenvalue weighted by Gasteiger charge is 2.22. The number of carboxylic acid groups (broad SMARTS) is 1. The summed E-state index contributed by atoms with van der Waals surface area (Å²) in [5.41, 5.74) is 1.37. The van der Waals surface area contributed by atoms with Crippen LogP contribution in [0.3, 0.4) is 0 Å². The molecule has 2 N–H and O–H groups in total. The van der Waals surface area contributed by atoms with Gasteiger partial charge < -0.3 is 15.0 Å². The van der Waals surface area contributed by atoms with Crippen LogP contribution in [-0.2, 0) is 7.05 Å². The number of nitro benzene ring substituents is 1. The number of benzene rings is 2. The third kappa shape index (κ3) is 2.65. The molecule has 0 aliphatic carbocycles. The molecular formula is C16H12ClN3O4. The third-order valence-electron chi connectivity index (χ3n) is 3.71. The lowest BCUT2D eigenvalue weighted by Crippen LogP contribution is -2.04. The van der Waals surface area contributed by atoms with E-state index in [-0.39, 0.29) is 16.9 Å². The third-order valence-corrected chi connectivity index (χ3v) is 3.96. The highest BCUT2D eigenvalue weighted by molar-refractivity contribution is 6.30. The number of aromatic nitrogens is 1. The van der Waals surface area contributed by atoms with Gasteiger partial charge >= 0.3 is 5.97 Å². The Morgan fingerprint density at radius 3 is 2.50 bits per heavy atom. The largest absolute Gasteiger partial charge is 0.477 e. The van der Waals surface area contributed by atoms with Crippen LogP contribution in [-0.4, -0.2) is 20.6 Å². The van der Waals surface area contributed by atoms with E-state index in [0.717, 1.165) is 5.69 Å². The van der Waals surface area contributed by atoms with Crippen LogP contribution < -0.4 is 5.32 Å². The first-order valence-corrected chi connectivity index (χ1v) is 7.29. The summed E-state index contributed by atoms with van der Waals surface area (Å²) in [5, 5.41) is 24.7. The van der Waals surface area contributed by atoms with Crippen LogP contribution in [0.1, 0.15) is 10.5 Å². The standard InChI is InChI=1S/C16H12ClN3O4/c1-19-14(16(21)22)8-11-12(6-7-13(15(11)19)20(23)24)18-10-4-2-9(17)3-5-10/h2-8,18H,1H3,(H,21,22). The summed E-state index contributed by atoms with van der Waals surface area (Å²) in [4.78, 5) is 22.1. The van der Waals surface area contributed by atoms with Crippen LogP contribution in [0.4, 0.5) is 17.1 Å². The van der Waals surface area contributed by atoms with Gasteiger partial charge in [0.25, 0.3) is 5.69 Å². The zero-order valence-corrected chi connectivity index (χ0v) is 13.2. The monoisotopic (exact) mass is 345 g/mol. The molecule has 0 unspecified atom stereocenters. The van der Waals surface area contributed by atoms with Gasteiger partial charge in [0.1, 0.15) is 11.2 Å². The lowest BCUT2D eigenvalue weighted by molar-refractivity contribution is -0.383. The number of nitrogens with zero attached hydrogens (tertiary/aromatic N) is 2. The van der Waals surface area contributed by atoms with Crippen LogP contribution in [0.5, 0.6) is 0 Å². The smallest absolute Gasteiger partial charge is 0.352 e. The molecule has 3 rings (SSSR count). The van der Waals surface area contributed by atoms with Gasteiger partial charge in [-0.1, -0.05) is 11.6 Å². The van der Waals surface area contributed by atoms with Gasteiger partial charge in [-0.15, -0.1) is 0 Å². The molecule has 0 saturated heterocycles. The van der Waals surface area contributed by atoms with Crippen LogP contribution in [0.15, 0.2) is 42.5 Å². The number of rotatable bonds is 4. The number of fused-ring (bicyclic) bond motifs is 1.